The first-order valence-corrected chi connectivity index (χ1v) is 9.02. The number of amides is 1. The molecule has 0 aliphatic heterocycles. The molecule has 1 amide bonds. The Balaban J connectivity index is 2.11. The van der Waals surface area contributed by atoms with Gasteiger partial charge in [-0.25, -0.2) is 10.2 Å². The van der Waals surface area contributed by atoms with Crippen molar-refractivity contribution >= 4 is 34.0 Å². The highest BCUT2D eigenvalue weighted by Gasteiger charge is 2.11. The van der Waals surface area contributed by atoms with Crippen LogP contribution < -0.4 is 19.6 Å². The summed E-state index contributed by atoms with van der Waals surface area (Å²) >= 11 is 3.32. The second-order valence-electron chi connectivity index (χ2n) is 5.36. The van der Waals surface area contributed by atoms with Crippen LogP contribution >= 0.6 is 15.9 Å². The summed E-state index contributed by atoms with van der Waals surface area (Å²) in [6.45, 7) is 1.84. The molecule has 0 atom stereocenters. The highest BCUT2D eigenvalue weighted by Crippen LogP contribution is 2.28. The molecule has 0 heterocycles. The molecule has 2 aromatic rings. The van der Waals surface area contributed by atoms with E-state index in [4.69, 9.17) is 19.3 Å². The average molecular weight is 451 g/mol. The number of methoxy groups -OCH3 is 1. The first-order valence-electron chi connectivity index (χ1n) is 8.23. The zero-order chi connectivity index (χ0) is 20.5. The van der Waals surface area contributed by atoms with E-state index in [9.17, 15) is 9.59 Å². The van der Waals surface area contributed by atoms with Crippen LogP contribution in [0.2, 0.25) is 0 Å². The minimum atomic E-state index is -1.09. The Morgan fingerprint density at radius 1 is 1.14 bits per heavy atom. The zero-order valence-electron chi connectivity index (χ0n) is 15.3. The number of halogens is 1. The van der Waals surface area contributed by atoms with Gasteiger partial charge in [0.2, 0.25) is 0 Å². The molecule has 0 aromatic heterocycles. The maximum Gasteiger partial charge on any atom is 0.341 e. The zero-order valence-corrected chi connectivity index (χ0v) is 16.9. The van der Waals surface area contributed by atoms with Crippen molar-refractivity contribution in [1.29, 1.82) is 0 Å². The Morgan fingerprint density at radius 3 is 2.57 bits per heavy atom. The average Bonchev–Trinajstić information content (AvgIpc) is 2.67. The lowest BCUT2D eigenvalue weighted by atomic mass is 10.2. The van der Waals surface area contributed by atoms with Gasteiger partial charge in [0.05, 0.1) is 19.9 Å². The van der Waals surface area contributed by atoms with Gasteiger partial charge in [0.1, 0.15) is 5.75 Å². The summed E-state index contributed by atoms with van der Waals surface area (Å²) in [5.74, 6) is -0.232. The van der Waals surface area contributed by atoms with Gasteiger partial charge in [0, 0.05) is 15.6 Å². The number of rotatable bonds is 9. The molecular weight excluding hydrogens is 432 g/mol. The van der Waals surface area contributed by atoms with Crippen molar-refractivity contribution in [2.75, 3.05) is 20.3 Å². The quantitative estimate of drug-likeness (QED) is 0.449. The lowest BCUT2D eigenvalue weighted by Crippen LogP contribution is -2.18. The maximum absolute atomic E-state index is 12.3. The van der Waals surface area contributed by atoms with Crippen molar-refractivity contribution < 1.29 is 28.9 Å². The number of ether oxygens (including phenoxy) is 3. The minimum Gasteiger partial charge on any atom is -0.493 e. The monoisotopic (exact) mass is 450 g/mol. The number of aliphatic carboxylic acids is 1. The summed E-state index contributed by atoms with van der Waals surface area (Å²) in [5.41, 5.74) is 3.25. The molecule has 2 aromatic carbocycles. The number of carboxylic acids is 1. The van der Waals surface area contributed by atoms with Gasteiger partial charge in [0.15, 0.2) is 18.1 Å². The summed E-state index contributed by atoms with van der Waals surface area (Å²) in [4.78, 5) is 23.0. The summed E-state index contributed by atoms with van der Waals surface area (Å²) < 4.78 is 16.6. The van der Waals surface area contributed by atoms with Gasteiger partial charge in [-0.05, 0) is 43.3 Å². The molecule has 0 unspecified atom stereocenters. The smallest absolute Gasteiger partial charge is 0.341 e. The molecule has 0 aliphatic rings. The standard InChI is InChI=1S/C19H19BrN2O6/c1-3-27-16-6-4-12(9-17(16)26-2)19(25)22-21-10-13-8-14(20)5-7-15(13)28-11-18(23)24/h4-10H,3,11H2,1-2H3,(H,22,25)(H,23,24)/b21-10+. The van der Waals surface area contributed by atoms with Gasteiger partial charge in [-0.1, -0.05) is 15.9 Å². The van der Waals surface area contributed by atoms with Crippen LogP contribution in [0.1, 0.15) is 22.8 Å². The number of hydrogen-bond acceptors (Lipinski definition) is 6. The number of benzene rings is 2. The van der Waals surface area contributed by atoms with Crippen molar-refractivity contribution in [2.45, 2.75) is 6.92 Å². The van der Waals surface area contributed by atoms with Crippen LogP contribution in [0.5, 0.6) is 17.2 Å². The number of nitrogens with one attached hydrogen (secondary N) is 1. The van der Waals surface area contributed by atoms with E-state index in [0.29, 0.717) is 35.0 Å². The largest absolute Gasteiger partial charge is 0.493 e. The van der Waals surface area contributed by atoms with Crippen LogP contribution in [0.3, 0.4) is 0 Å². The predicted octanol–water partition coefficient (Wildman–Crippen LogP) is 3.08. The summed E-state index contributed by atoms with van der Waals surface area (Å²) in [7, 11) is 1.49. The molecule has 148 valence electrons. The van der Waals surface area contributed by atoms with E-state index < -0.39 is 18.5 Å². The van der Waals surface area contributed by atoms with Gasteiger partial charge in [-0.15, -0.1) is 0 Å². The van der Waals surface area contributed by atoms with Gasteiger partial charge in [0.25, 0.3) is 5.91 Å². The van der Waals surface area contributed by atoms with Crippen molar-refractivity contribution in [3.63, 3.8) is 0 Å². The number of carbonyl (C=O) groups excluding carboxylic acids is 1. The van der Waals surface area contributed by atoms with E-state index in [2.05, 4.69) is 26.5 Å². The second kappa shape index (κ2) is 10.3. The highest BCUT2D eigenvalue weighted by molar-refractivity contribution is 9.10. The normalized spacial score (nSPS) is 10.5. The van der Waals surface area contributed by atoms with Crippen LogP contribution in [0.25, 0.3) is 0 Å². The molecule has 9 heteroatoms. The van der Waals surface area contributed by atoms with Crippen molar-refractivity contribution in [2.24, 2.45) is 5.10 Å². The molecule has 28 heavy (non-hydrogen) atoms. The van der Waals surface area contributed by atoms with Gasteiger partial charge < -0.3 is 19.3 Å². The van der Waals surface area contributed by atoms with E-state index in [0.717, 1.165) is 4.47 Å². The number of nitrogens with zero attached hydrogens (tertiary/aromatic N) is 1. The Kier molecular flexibility index (Phi) is 7.82. The summed E-state index contributed by atoms with van der Waals surface area (Å²) in [6, 6.07) is 9.79. The molecule has 0 fully saturated rings. The molecule has 0 spiro atoms. The Hall–Kier alpha value is -3.07. The third-order valence-electron chi connectivity index (χ3n) is 3.42. The fraction of sp³-hybridized carbons (Fsp3) is 0.211. The van der Waals surface area contributed by atoms with Crippen LogP contribution in [-0.4, -0.2) is 43.5 Å². The Labute approximate surface area is 170 Å². The Morgan fingerprint density at radius 2 is 1.89 bits per heavy atom. The highest BCUT2D eigenvalue weighted by atomic mass is 79.9. The minimum absolute atomic E-state index is 0.325. The second-order valence-corrected chi connectivity index (χ2v) is 6.28. The maximum atomic E-state index is 12.3. The van der Waals surface area contributed by atoms with Gasteiger partial charge >= 0.3 is 5.97 Å². The fourth-order valence-electron chi connectivity index (χ4n) is 2.20. The van der Waals surface area contributed by atoms with Gasteiger partial charge in [-0.2, -0.15) is 5.10 Å². The lowest BCUT2D eigenvalue weighted by Gasteiger charge is -2.10. The van der Waals surface area contributed by atoms with E-state index in [1.54, 1.807) is 36.4 Å². The number of hydrogen-bond donors (Lipinski definition) is 2. The lowest BCUT2D eigenvalue weighted by molar-refractivity contribution is -0.139. The van der Waals surface area contributed by atoms with Crippen LogP contribution in [0.15, 0.2) is 46.0 Å². The molecule has 8 nitrogen and oxygen atoms in total. The Bertz CT molecular complexity index is 885. The molecule has 0 aliphatic carbocycles. The molecule has 0 bridgehead atoms. The van der Waals surface area contributed by atoms with Gasteiger partial charge in [-0.3, -0.25) is 4.79 Å². The van der Waals surface area contributed by atoms with Crippen LogP contribution in [-0.2, 0) is 4.79 Å². The fourth-order valence-corrected chi connectivity index (χ4v) is 2.58. The first kappa shape index (κ1) is 21.2. The number of carboxylic acid groups (broad SMARTS) is 1. The predicted molar refractivity (Wildman–Crippen MR) is 106 cm³/mol. The van der Waals surface area contributed by atoms with E-state index in [-0.39, 0.29) is 0 Å². The molecular formula is C19H19BrN2O6. The topological polar surface area (TPSA) is 106 Å². The third-order valence-corrected chi connectivity index (χ3v) is 3.91. The molecule has 2 rings (SSSR count). The van der Waals surface area contributed by atoms with Crippen molar-refractivity contribution in [3.05, 3.63) is 52.0 Å². The third kappa shape index (κ3) is 5.98. The molecule has 0 radical (unpaired) electrons. The number of hydrazone groups is 1. The SMILES string of the molecule is CCOc1ccc(C(=O)N/N=C/c2cc(Br)ccc2OCC(=O)O)cc1OC. The first-order chi connectivity index (χ1) is 13.4. The summed E-state index contributed by atoms with van der Waals surface area (Å²) in [6.07, 6.45) is 1.37. The van der Waals surface area contributed by atoms with Crippen LogP contribution in [0, 0.1) is 0 Å². The number of carbonyl (C=O) groups is 2. The van der Waals surface area contributed by atoms with E-state index >= 15 is 0 Å². The molecule has 2 N–H and O–H groups in total. The van der Waals surface area contributed by atoms with Crippen LogP contribution in [0.4, 0.5) is 0 Å². The van der Waals surface area contributed by atoms with E-state index in [1.807, 2.05) is 6.92 Å². The van der Waals surface area contributed by atoms with Crippen molar-refractivity contribution in [3.8, 4) is 17.2 Å². The molecule has 0 saturated heterocycles. The summed E-state index contributed by atoms with van der Waals surface area (Å²) in [5, 5.41) is 12.7. The molecule has 0 saturated carbocycles. The van der Waals surface area contributed by atoms with Crippen molar-refractivity contribution in [1.82, 2.24) is 5.43 Å². The van der Waals surface area contributed by atoms with E-state index in [1.165, 1.54) is 13.3 Å².